The standard InChI is InChI=1S/C30H34F4N2O5/c1-28(2,3)41-25(37)22-11-9-20(10-12-22)18-40-27(39)35-15-13-29(31,14-16-35)19-36(26(38)30(32,33)34)24-17-23(24)21-7-5-4-6-8-21/h4-12,23-24H,13-19H2,1-3H3. The normalized spacial score (nSPS) is 20.2. The van der Waals surface area contributed by atoms with Crippen LogP contribution in [0.2, 0.25) is 0 Å². The number of hydrogen-bond donors (Lipinski definition) is 0. The molecule has 0 spiro atoms. The lowest BCUT2D eigenvalue weighted by atomic mass is 9.92. The maximum absolute atomic E-state index is 15.8. The number of alkyl halides is 4. The molecule has 2 aliphatic rings. The summed E-state index contributed by atoms with van der Waals surface area (Å²) in [5.74, 6) is -2.80. The van der Waals surface area contributed by atoms with Gasteiger partial charge in [-0.1, -0.05) is 42.5 Å². The first-order valence-electron chi connectivity index (χ1n) is 13.5. The van der Waals surface area contributed by atoms with Gasteiger partial charge in [-0.15, -0.1) is 0 Å². The number of likely N-dealkylation sites (tertiary alicyclic amines) is 1. The highest BCUT2D eigenvalue weighted by Crippen LogP contribution is 2.47. The van der Waals surface area contributed by atoms with Crippen LogP contribution in [0.1, 0.15) is 67.4 Å². The van der Waals surface area contributed by atoms with E-state index in [9.17, 15) is 27.6 Å². The second-order valence-corrected chi connectivity index (χ2v) is 11.6. The smallest absolute Gasteiger partial charge is 0.456 e. The molecule has 2 amide bonds. The predicted molar refractivity (Wildman–Crippen MR) is 142 cm³/mol. The van der Waals surface area contributed by atoms with Crippen molar-refractivity contribution in [3.8, 4) is 0 Å². The monoisotopic (exact) mass is 578 g/mol. The van der Waals surface area contributed by atoms with Crippen molar-refractivity contribution in [3.05, 3.63) is 71.3 Å². The molecule has 2 atom stereocenters. The summed E-state index contributed by atoms with van der Waals surface area (Å²) in [4.78, 5) is 38.9. The molecule has 0 radical (unpaired) electrons. The van der Waals surface area contributed by atoms with Crippen molar-refractivity contribution in [3.63, 3.8) is 0 Å². The van der Waals surface area contributed by atoms with Gasteiger partial charge in [0.2, 0.25) is 0 Å². The lowest BCUT2D eigenvalue weighted by molar-refractivity contribution is -0.188. The molecule has 1 heterocycles. The van der Waals surface area contributed by atoms with Crippen LogP contribution >= 0.6 is 0 Å². The van der Waals surface area contributed by atoms with Crippen molar-refractivity contribution in [1.82, 2.24) is 9.80 Å². The van der Waals surface area contributed by atoms with Crippen molar-refractivity contribution < 1.29 is 41.4 Å². The molecule has 0 N–H and O–H groups in total. The van der Waals surface area contributed by atoms with E-state index in [1.54, 1.807) is 75.4 Å². The molecule has 7 nitrogen and oxygen atoms in total. The number of esters is 1. The maximum Gasteiger partial charge on any atom is 0.471 e. The van der Waals surface area contributed by atoms with Gasteiger partial charge >= 0.3 is 24.1 Å². The van der Waals surface area contributed by atoms with Gasteiger partial charge in [-0.05, 0) is 50.5 Å². The van der Waals surface area contributed by atoms with Gasteiger partial charge in [0.25, 0.3) is 0 Å². The average Bonchev–Trinajstić information content (AvgIpc) is 3.71. The van der Waals surface area contributed by atoms with E-state index < -0.39 is 48.0 Å². The van der Waals surface area contributed by atoms with Crippen molar-refractivity contribution >= 4 is 18.0 Å². The molecule has 0 bridgehead atoms. The van der Waals surface area contributed by atoms with E-state index in [1.807, 2.05) is 0 Å². The Labute approximate surface area is 236 Å². The first-order valence-corrected chi connectivity index (χ1v) is 13.5. The van der Waals surface area contributed by atoms with E-state index in [-0.39, 0.29) is 38.5 Å². The quantitative estimate of drug-likeness (QED) is 0.296. The highest BCUT2D eigenvalue weighted by molar-refractivity contribution is 5.89. The molecule has 1 saturated heterocycles. The Hall–Kier alpha value is -3.63. The lowest BCUT2D eigenvalue weighted by Gasteiger charge is -2.39. The Balaban J connectivity index is 1.30. The Morgan fingerprint density at radius 3 is 2.15 bits per heavy atom. The first-order chi connectivity index (χ1) is 19.2. The molecule has 222 valence electrons. The number of rotatable bonds is 7. The molecule has 2 aromatic carbocycles. The molecular weight excluding hydrogens is 544 g/mol. The van der Waals surface area contributed by atoms with Gasteiger partial charge in [0.05, 0.1) is 12.1 Å². The number of benzene rings is 2. The number of amides is 2. The summed E-state index contributed by atoms with van der Waals surface area (Å²) in [6.07, 6.45) is -5.92. The molecular formula is C30H34F4N2O5. The maximum atomic E-state index is 15.8. The van der Waals surface area contributed by atoms with Gasteiger partial charge in [0, 0.05) is 37.9 Å². The molecule has 1 aliphatic carbocycles. The van der Waals surface area contributed by atoms with Crippen LogP contribution in [0.15, 0.2) is 54.6 Å². The van der Waals surface area contributed by atoms with Crippen LogP contribution in [-0.2, 0) is 20.9 Å². The molecule has 0 aromatic heterocycles. The number of piperidine rings is 1. The molecule has 2 aromatic rings. The summed E-state index contributed by atoms with van der Waals surface area (Å²) < 4.78 is 66.7. The SMILES string of the molecule is CC(C)(C)OC(=O)c1ccc(COC(=O)N2CCC(F)(CN(C(=O)C(F)(F)F)C3CC3c3ccccc3)CC2)cc1. The third kappa shape index (κ3) is 7.98. The Morgan fingerprint density at radius 1 is 0.976 bits per heavy atom. The van der Waals surface area contributed by atoms with Crippen LogP contribution in [0.3, 0.4) is 0 Å². The number of carbonyl (C=O) groups is 3. The van der Waals surface area contributed by atoms with Crippen LogP contribution in [0.25, 0.3) is 0 Å². The Bertz CT molecular complexity index is 1240. The van der Waals surface area contributed by atoms with Crippen LogP contribution < -0.4 is 0 Å². The fourth-order valence-corrected chi connectivity index (χ4v) is 4.95. The van der Waals surface area contributed by atoms with Crippen molar-refractivity contribution in [2.24, 2.45) is 0 Å². The fourth-order valence-electron chi connectivity index (χ4n) is 4.95. The average molecular weight is 579 g/mol. The van der Waals surface area contributed by atoms with E-state index in [4.69, 9.17) is 9.47 Å². The van der Waals surface area contributed by atoms with Gasteiger partial charge in [-0.2, -0.15) is 13.2 Å². The number of nitrogens with zero attached hydrogens (tertiary/aromatic N) is 2. The summed E-state index contributed by atoms with van der Waals surface area (Å²) in [5, 5.41) is 0. The van der Waals surface area contributed by atoms with Gasteiger partial charge in [-0.25, -0.2) is 14.0 Å². The second-order valence-electron chi connectivity index (χ2n) is 11.6. The van der Waals surface area contributed by atoms with Gasteiger partial charge in [0.15, 0.2) is 0 Å². The molecule has 4 rings (SSSR count). The largest absolute Gasteiger partial charge is 0.471 e. The van der Waals surface area contributed by atoms with E-state index in [0.717, 1.165) is 5.56 Å². The summed E-state index contributed by atoms with van der Waals surface area (Å²) in [7, 11) is 0. The molecule has 1 saturated carbocycles. The summed E-state index contributed by atoms with van der Waals surface area (Å²) in [5.41, 5.74) is -0.918. The lowest BCUT2D eigenvalue weighted by Crippen LogP contribution is -2.53. The number of halogens is 4. The van der Waals surface area contributed by atoms with Gasteiger partial charge in [0.1, 0.15) is 17.9 Å². The van der Waals surface area contributed by atoms with E-state index in [1.165, 1.54) is 4.90 Å². The minimum absolute atomic E-state index is 0.0618. The molecule has 11 heteroatoms. The number of hydrogen-bond acceptors (Lipinski definition) is 5. The Kier molecular flexibility index (Phi) is 8.65. The van der Waals surface area contributed by atoms with Crippen molar-refractivity contribution in [2.75, 3.05) is 19.6 Å². The highest BCUT2D eigenvalue weighted by atomic mass is 19.4. The zero-order chi connectivity index (χ0) is 30.0. The van der Waals surface area contributed by atoms with Gasteiger partial charge in [-0.3, -0.25) is 4.79 Å². The minimum Gasteiger partial charge on any atom is -0.456 e. The second kappa shape index (κ2) is 11.7. The molecule has 1 aliphatic heterocycles. The summed E-state index contributed by atoms with van der Waals surface area (Å²) >= 11 is 0. The summed E-state index contributed by atoms with van der Waals surface area (Å²) in [6, 6.07) is 14.5. The van der Waals surface area contributed by atoms with E-state index in [0.29, 0.717) is 22.4 Å². The number of ether oxygens (including phenoxy) is 2. The Morgan fingerprint density at radius 2 is 1.59 bits per heavy atom. The van der Waals surface area contributed by atoms with Crippen molar-refractivity contribution in [1.29, 1.82) is 0 Å². The van der Waals surface area contributed by atoms with Gasteiger partial charge < -0.3 is 19.3 Å². The van der Waals surface area contributed by atoms with Crippen molar-refractivity contribution in [2.45, 2.75) is 76.0 Å². The van der Waals surface area contributed by atoms with E-state index >= 15 is 4.39 Å². The molecule has 2 fully saturated rings. The van der Waals surface area contributed by atoms with Crippen LogP contribution in [0.5, 0.6) is 0 Å². The third-order valence-electron chi connectivity index (χ3n) is 7.21. The molecule has 2 unspecified atom stereocenters. The summed E-state index contributed by atoms with van der Waals surface area (Å²) in [6.45, 7) is 4.39. The number of carbonyl (C=O) groups excluding carboxylic acids is 3. The van der Waals surface area contributed by atoms with E-state index in [2.05, 4.69) is 0 Å². The highest BCUT2D eigenvalue weighted by Gasteiger charge is 2.54. The molecule has 41 heavy (non-hydrogen) atoms. The third-order valence-corrected chi connectivity index (χ3v) is 7.21. The fraction of sp³-hybridized carbons (Fsp3) is 0.500. The topological polar surface area (TPSA) is 76.2 Å². The van der Waals surface area contributed by atoms with Crippen LogP contribution in [0, 0.1) is 0 Å². The zero-order valence-electron chi connectivity index (χ0n) is 23.2. The minimum atomic E-state index is -5.12. The van der Waals surface area contributed by atoms with Crippen LogP contribution in [0.4, 0.5) is 22.4 Å². The van der Waals surface area contributed by atoms with Crippen LogP contribution in [-0.4, -0.2) is 70.9 Å². The predicted octanol–water partition coefficient (Wildman–Crippen LogP) is 6.03. The first kappa shape index (κ1) is 30.3. The zero-order valence-corrected chi connectivity index (χ0v) is 23.2.